The Morgan fingerprint density at radius 1 is 1.09 bits per heavy atom. The van der Waals surface area contributed by atoms with E-state index in [0.717, 1.165) is 5.56 Å². The number of rotatable bonds is 6. The van der Waals surface area contributed by atoms with Gasteiger partial charge in [0, 0.05) is 12.1 Å². The van der Waals surface area contributed by atoms with Crippen molar-refractivity contribution >= 4 is 29.1 Å². The Labute approximate surface area is 144 Å². The molecule has 0 saturated heterocycles. The largest absolute Gasteiger partial charge is 0.493 e. The number of aromatic nitrogens is 1. The molecule has 1 aromatic heterocycles. The number of amides is 1. The van der Waals surface area contributed by atoms with Crippen LogP contribution in [0.3, 0.4) is 0 Å². The Morgan fingerprint density at radius 3 is 2.35 bits per heavy atom. The van der Waals surface area contributed by atoms with Crippen molar-refractivity contribution in [2.24, 2.45) is 0 Å². The molecule has 5 nitrogen and oxygen atoms in total. The molecule has 1 aromatic carbocycles. The highest BCUT2D eigenvalue weighted by atomic mass is 35.5. The van der Waals surface area contributed by atoms with E-state index in [1.54, 1.807) is 14.2 Å². The van der Waals surface area contributed by atoms with Gasteiger partial charge in [-0.25, -0.2) is 4.98 Å². The number of methoxy groups -OCH3 is 2. The molecule has 0 bridgehead atoms. The van der Waals surface area contributed by atoms with Crippen LogP contribution in [0, 0.1) is 0 Å². The molecule has 0 aliphatic carbocycles. The summed E-state index contributed by atoms with van der Waals surface area (Å²) in [6, 6.07) is 8.58. The van der Waals surface area contributed by atoms with Crippen molar-refractivity contribution in [1.29, 1.82) is 0 Å². The summed E-state index contributed by atoms with van der Waals surface area (Å²) in [6.45, 7) is 0.464. The minimum atomic E-state index is -0.253. The fourth-order valence-corrected chi connectivity index (χ4v) is 2.52. The van der Waals surface area contributed by atoms with Crippen LogP contribution in [0.15, 0.2) is 30.3 Å². The number of pyridine rings is 1. The normalized spacial score (nSPS) is 10.3. The minimum absolute atomic E-state index is 0.183. The highest BCUT2D eigenvalue weighted by Crippen LogP contribution is 2.27. The number of carbonyl (C=O) groups excluding carboxylic acids is 1. The van der Waals surface area contributed by atoms with Crippen LogP contribution < -0.4 is 14.8 Å². The molecule has 2 rings (SSSR count). The van der Waals surface area contributed by atoms with Crippen LogP contribution >= 0.6 is 23.2 Å². The SMILES string of the molecule is COc1ccc(CCNC(=O)c2cc(Cl)nc(Cl)c2)cc1OC. The van der Waals surface area contributed by atoms with Crippen LogP contribution in [0.1, 0.15) is 15.9 Å². The zero-order chi connectivity index (χ0) is 16.8. The first-order chi connectivity index (χ1) is 11.0. The molecule has 0 atom stereocenters. The standard InChI is InChI=1S/C16H16Cl2N2O3/c1-22-12-4-3-10(7-13(12)23-2)5-6-19-16(21)11-8-14(17)20-15(18)9-11/h3-4,7-9H,5-6H2,1-2H3,(H,19,21). The monoisotopic (exact) mass is 354 g/mol. The lowest BCUT2D eigenvalue weighted by molar-refractivity contribution is 0.0954. The molecular weight excluding hydrogens is 339 g/mol. The summed E-state index contributed by atoms with van der Waals surface area (Å²) in [5.41, 5.74) is 1.40. The van der Waals surface area contributed by atoms with Crippen LogP contribution in [0.4, 0.5) is 0 Å². The van der Waals surface area contributed by atoms with E-state index in [1.165, 1.54) is 12.1 Å². The molecule has 122 valence electrons. The van der Waals surface area contributed by atoms with Crippen molar-refractivity contribution < 1.29 is 14.3 Å². The number of halogens is 2. The summed E-state index contributed by atoms with van der Waals surface area (Å²) in [5, 5.41) is 3.18. The summed E-state index contributed by atoms with van der Waals surface area (Å²) >= 11 is 11.6. The Bertz CT molecular complexity index is 687. The number of nitrogens with one attached hydrogen (secondary N) is 1. The summed E-state index contributed by atoms with van der Waals surface area (Å²) < 4.78 is 10.4. The molecule has 2 aromatic rings. The van der Waals surface area contributed by atoms with Crippen molar-refractivity contribution in [2.45, 2.75) is 6.42 Å². The van der Waals surface area contributed by atoms with Gasteiger partial charge in [-0.15, -0.1) is 0 Å². The molecule has 0 fully saturated rings. The van der Waals surface area contributed by atoms with Crippen molar-refractivity contribution in [3.63, 3.8) is 0 Å². The second-order valence-electron chi connectivity index (χ2n) is 4.70. The number of carbonyl (C=O) groups is 1. The quantitative estimate of drug-likeness (QED) is 0.807. The van der Waals surface area contributed by atoms with Gasteiger partial charge in [-0.1, -0.05) is 29.3 Å². The zero-order valence-corrected chi connectivity index (χ0v) is 14.2. The molecule has 0 radical (unpaired) electrons. The van der Waals surface area contributed by atoms with Gasteiger partial charge in [0.05, 0.1) is 14.2 Å². The van der Waals surface area contributed by atoms with E-state index >= 15 is 0 Å². The molecule has 1 amide bonds. The molecule has 7 heteroatoms. The Kier molecular flexibility index (Phi) is 6.07. The van der Waals surface area contributed by atoms with Crippen LogP contribution in [-0.4, -0.2) is 31.7 Å². The fraction of sp³-hybridized carbons (Fsp3) is 0.250. The predicted octanol–water partition coefficient (Wildman–Crippen LogP) is 3.38. The van der Waals surface area contributed by atoms with Crippen molar-refractivity contribution in [2.75, 3.05) is 20.8 Å². The lowest BCUT2D eigenvalue weighted by atomic mass is 10.1. The molecule has 1 heterocycles. The third-order valence-corrected chi connectivity index (χ3v) is 3.56. The maximum atomic E-state index is 12.1. The number of nitrogens with zero attached hydrogens (tertiary/aromatic N) is 1. The third kappa shape index (κ3) is 4.74. The summed E-state index contributed by atoms with van der Waals surface area (Å²) in [7, 11) is 3.17. The molecular formula is C16H16Cl2N2O3. The third-order valence-electron chi connectivity index (χ3n) is 3.17. The van der Waals surface area contributed by atoms with Gasteiger partial charge in [-0.05, 0) is 36.2 Å². The lowest BCUT2D eigenvalue weighted by Crippen LogP contribution is -2.25. The fourth-order valence-electron chi connectivity index (χ4n) is 2.05. The van der Waals surface area contributed by atoms with E-state index in [-0.39, 0.29) is 16.2 Å². The molecule has 0 saturated carbocycles. The van der Waals surface area contributed by atoms with Gasteiger partial charge < -0.3 is 14.8 Å². The lowest BCUT2D eigenvalue weighted by Gasteiger charge is -2.10. The smallest absolute Gasteiger partial charge is 0.251 e. The van der Waals surface area contributed by atoms with Crippen LogP contribution in [-0.2, 0) is 6.42 Å². The van der Waals surface area contributed by atoms with E-state index < -0.39 is 0 Å². The number of hydrogen-bond donors (Lipinski definition) is 1. The second kappa shape index (κ2) is 8.04. The molecule has 0 unspecified atom stereocenters. The van der Waals surface area contributed by atoms with E-state index in [4.69, 9.17) is 32.7 Å². The first-order valence-corrected chi connectivity index (χ1v) is 7.61. The average molecular weight is 355 g/mol. The Balaban J connectivity index is 1.95. The molecule has 0 aliphatic rings. The molecule has 0 spiro atoms. The number of ether oxygens (including phenoxy) is 2. The summed E-state index contributed by atoms with van der Waals surface area (Å²) in [4.78, 5) is 15.9. The van der Waals surface area contributed by atoms with Crippen molar-refractivity contribution in [1.82, 2.24) is 10.3 Å². The van der Waals surface area contributed by atoms with Gasteiger partial charge in [-0.3, -0.25) is 4.79 Å². The van der Waals surface area contributed by atoms with Gasteiger partial charge in [0.1, 0.15) is 10.3 Å². The summed E-state index contributed by atoms with van der Waals surface area (Å²) in [5.74, 6) is 1.07. The van der Waals surface area contributed by atoms with Gasteiger partial charge in [0.2, 0.25) is 0 Å². The van der Waals surface area contributed by atoms with Crippen molar-refractivity contribution in [3.8, 4) is 11.5 Å². The van der Waals surface area contributed by atoms with Crippen molar-refractivity contribution in [3.05, 3.63) is 51.8 Å². The highest BCUT2D eigenvalue weighted by Gasteiger charge is 2.09. The van der Waals surface area contributed by atoms with E-state index in [2.05, 4.69) is 10.3 Å². The minimum Gasteiger partial charge on any atom is -0.493 e. The van der Waals surface area contributed by atoms with Crippen LogP contribution in [0.5, 0.6) is 11.5 Å². The van der Waals surface area contributed by atoms with E-state index in [9.17, 15) is 4.79 Å². The second-order valence-corrected chi connectivity index (χ2v) is 5.47. The van der Waals surface area contributed by atoms with Gasteiger partial charge >= 0.3 is 0 Å². The Morgan fingerprint density at radius 2 is 1.74 bits per heavy atom. The first kappa shape index (κ1) is 17.4. The first-order valence-electron chi connectivity index (χ1n) is 6.85. The van der Waals surface area contributed by atoms with Gasteiger partial charge in [0.25, 0.3) is 5.91 Å². The highest BCUT2D eigenvalue weighted by molar-refractivity contribution is 6.33. The topological polar surface area (TPSA) is 60.5 Å². The Hall–Kier alpha value is -1.98. The molecule has 0 aliphatic heterocycles. The number of hydrogen-bond acceptors (Lipinski definition) is 4. The molecule has 1 N–H and O–H groups in total. The maximum absolute atomic E-state index is 12.1. The predicted molar refractivity (Wildman–Crippen MR) is 89.8 cm³/mol. The van der Waals surface area contributed by atoms with E-state index in [1.807, 2.05) is 18.2 Å². The van der Waals surface area contributed by atoms with Crippen LogP contribution in [0.2, 0.25) is 10.3 Å². The van der Waals surface area contributed by atoms with E-state index in [0.29, 0.717) is 30.0 Å². The summed E-state index contributed by atoms with van der Waals surface area (Å²) in [6.07, 6.45) is 0.651. The van der Waals surface area contributed by atoms with Gasteiger partial charge in [0.15, 0.2) is 11.5 Å². The number of benzene rings is 1. The van der Waals surface area contributed by atoms with Gasteiger partial charge in [-0.2, -0.15) is 0 Å². The molecule has 23 heavy (non-hydrogen) atoms. The van der Waals surface area contributed by atoms with Crippen LogP contribution in [0.25, 0.3) is 0 Å². The maximum Gasteiger partial charge on any atom is 0.251 e. The zero-order valence-electron chi connectivity index (χ0n) is 12.7. The average Bonchev–Trinajstić information content (AvgIpc) is 2.53.